The van der Waals surface area contributed by atoms with Gasteiger partial charge in [-0.1, -0.05) is 0 Å². The molecule has 0 aliphatic rings. The van der Waals surface area contributed by atoms with Gasteiger partial charge in [-0.25, -0.2) is 8.78 Å². The fourth-order valence-electron chi connectivity index (χ4n) is 2.98. The molecule has 31 heavy (non-hydrogen) atoms. The van der Waals surface area contributed by atoms with Crippen LogP contribution in [0.4, 0.5) is 14.6 Å². The van der Waals surface area contributed by atoms with E-state index in [1.54, 1.807) is 19.1 Å². The summed E-state index contributed by atoms with van der Waals surface area (Å²) in [7, 11) is 4.50. The number of anilines is 1. The first kappa shape index (κ1) is 21.9. The Morgan fingerprint density at radius 2 is 1.71 bits per heavy atom. The fraction of sp³-hybridized carbons (Fsp3) is 0.238. The average molecular weight is 433 g/mol. The van der Waals surface area contributed by atoms with E-state index in [-0.39, 0.29) is 11.6 Å². The number of H-pyrrole nitrogens is 1. The number of ether oxygens (including phenoxy) is 4. The molecule has 2 aromatic carbocycles. The van der Waals surface area contributed by atoms with Gasteiger partial charge in [0.2, 0.25) is 5.75 Å². The van der Waals surface area contributed by atoms with Crippen LogP contribution in [0.5, 0.6) is 23.0 Å². The molecule has 1 heterocycles. The minimum Gasteiger partial charge on any atom is -0.493 e. The Morgan fingerprint density at radius 3 is 2.29 bits per heavy atom. The van der Waals surface area contributed by atoms with E-state index >= 15 is 0 Å². The monoisotopic (exact) mass is 433 g/mol. The van der Waals surface area contributed by atoms with Gasteiger partial charge in [-0.15, -0.1) is 0 Å². The number of methoxy groups -OCH3 is 3. The van der Waals surface area contributed by atoms with Gasteiger partial charge in [-0.2, -0.15) is 5.10 Å². The van der Waals surface area contributed by atoms with Crippen molar-refractivity contribution < 1.29 is 32.5 Å². The molecule has 1 aromatic heterocycles. The predicted octanol–water partition coefficient (Wildman–Crippen LogP) is 3.71. The molecule has 3 rings (SSSR count). The third-order valence-corrected chi connectivity index (χ3v) is 4.42. The largest absolute Gasteiger partial charge is 0.493 e. The first-order valence-electron chi connectivity index (χ1n) is 9.11. The summed E-state index contributed by atoms with van der Waals surface area (Å²) in [5.74, 6) is -1.01. The Balaban J connectivity index is 1.82. The van der Waals surface area contributed by atoms with Crippen LogP contribution in [-0.4, -0.2) is 44.0 Å². The number of carbonyl (C=O) groups is 1. The van der Waals surface area contributed by atoms with E-state index in [9.17, 15) is 13.6 Å². The van der Waals surface area contributed by atoms with Crippen LogP contribution in [0, 0.1) is 18.6 Å². The van der Waals surface area contributed by atoms with Crippen LogP contribution in [0.25, 0.3) is 11.1 Å². The Hall–Kier alpha value is -3.82. The normalized spacial score (nSPS) is 10.5. The van der Waals surface area contributed by atoms with Crippen molar-refractivity contribution in [3.63, 3.8) is 0 Å². The minimum atomic E-state index is -1.06. The summed E-state index contributed by atoms with van der Waals surface area (Å²) in [5, 5.41) is 9.60. The molecule has 0 saturated heterocycles. The summed E-state index contributed by atoms with van der Waals surface area (Å²) in [6, 6.07) is 6.47. The quantitative estimate of drug-likeness (QED) is 0.563. The van der Waals surface area contributed by atoms with E-state index in [1.807, 2.05) is 0 Å². The van der Waals surface area contributed by atoms with Gasteiger partial charge in [0.15, 0.2) is 35.6 Å². The van der Waals surface area contributed by atoms with E-state index in [2.05, 4.69) is 15.5 Å². The van der Waals surface area contributed by atoms with E-state index in [0.717, 1.165) is 12.1 Å². The highest BCUT2D eigenvalue weighted by atomic mass is 19.2. The molecule has 1 amide bonds. The lowest BCUT2D eigenvalue weighted by atomic mass is 10.0. The number of aromatic amines is 1. The molecule has 0 unspecified atom stereocenters. The number of aryl methyl sites for hydroxylation is 1. The maximum Gasteiger partial charge on any atom is 0.263 e. The van der Waals surface area contributed by atoms with Gasteiger partial charge >= 0.3 is 0 Å². The maximum absolute atomic E-state index is 13.3. The Bertz CT molecular complexity index is 1080. The second-order valence-electron chi connectivity index (χ2n) is 6.40. The summed E-state index contributed by atoms with van der Waals surface area (Å²) in [6.45, 7) is 1.37. The molecule has 0 saturated carbocycles. The standard InChI is InChI=1S/C21H21F2N3O5/c1-11-19(12-7-16(28-2)20(30-4)17(8-12)29-3)21(26-25-11)24-18(27)10-31-13-5-6-14(22)15(23)9-13/h5-9H,10H2,1-4H3,(H2,24,25,26,27). The van der Waals surface area contributed by atoms with Crippen LogP contribution in [0.3, 0.4) is 0 Å². The van der Waals surface area contributed by atoms with Crippen molar-refractivity contribution in [2.45, 2.75) is 6.92 Å². The summed E-state index contributed by atoms with van der Waals surface area (Å²) < 4.78 is 47.6. The van der Waals surface area contributed by atoms with Crippen LogP contribution in [0.15, 0.2) is 30.3 Å². The zero-order valence-corrected chi connectivity index (χ0v) is 17.3. The number of benzene rings is 2. The number of nitrogens with one attached hydrogen (secondary N) is 2. The first-order chi connectivity index (χ1) is 14.9. The highest BCUT2D eigenvalue weighted by Gasteiger charge is 2.20. The Kier molecular flexibility index (Phi) is 6.58. The van der Waals surface area contributed by atoms with Gasteiger partial charge < -0.3 is 24.3 Å². The third kappa shape index (κ3) is 4.68. The van der Waals surface area contributed by atoms with E-state index in [4.69, 9.17) is 18.9 Å². The molecule has 10 heteroatoms. The van der Waals surface area contributed by atoms with Crippen LogP contribution in [-0.2, 0) is 4.79 Å². The number of rotatable bonds is 8. The number of aromatic nitrogens is 2. The third-order valence-electron chi connectivity index (χ3n) is 4.42. The van der Waals surface area contributed by atoms with Crippen LogP contribution in [0.1, 0.15) is 5.69 Å². The SMILES string of the molecule is COc1cc(-c2c(NC(=O)COc3ccc(F)c(F)c3)n[nH]c2C)cc(OC)c1OC. The second kappa shape index (κ2) is 9.33. The molecule has 2 N–H and O–H groups in total. The second-order valence-corrected chi connectivity index (χ2v) is 6.40. The minimum absolute atomic E-state index is 0.0251. The highest BCUT2D eigenvalue weighted by Crippen LogP contribution is 2.43. The van der Waals surface area contributed by atoms with Crippen molar-refractivity contribution in [3.8, 4) is 34.1 Å². The van der Waals surface area contributed by atoms with Gasteiger partial charge in [0, 0.05) is 17.3 Å². The van der Waals surface area contributed by atoms with Gasteiger partial charge in [0.1, 0.15) is 5.75 Å². The van der Waals surface area contributed by atoms with Crippen LogP contribution < -0.4 is 24.3 Å². The molecule has 0 spiro atoms. The molecule has 0 aliphatic carbocycles. The van der Waals surface area contributed by atoms with Crippen molar-refractivity contribution in [1.29, 1.82) is 0 Å². The van der Waals surface area contributed by atoms with Crippen molar-refractivity contribution in [2.75, 3.05) is 33.3 Å². The van der Waals surface area contributed by atoms with E-state index in [1.165, 1.54) is 27.4 Å². The van der Waals surface area contributed by atoms with Gasteiger partial charge in [-0.3, -0.25) is 9.89 Å². The molecule has 0 aliphatic heterocycles. The number of amides is 1. The van der Waals surface area contributed by atoms with Gasteiger partial charge in [-0.05, 0) is 36.8 Å². The first-order valence-corrected chi connectivity index (χ1v) is 9.11. The number of halogens is 2. The van der Waals surface area contributed by atoms with Crippen molar-refractivity contribution >= 4 is 11.7 Å². The summed E-state index contributed by atoms with van der Waals surface area (Å²) in [5.41, 5.74) is 1.96. The zero-order valence-electron chi connectivity index (χ0n) is 17.3. The molecular weight excluding hydrogens is 412 g/mol. The highest BCUT2D eigenvalue weighted by molar-refractivity contribution is 5.95. The maximum atomic E-state index is 13.3. The molecule has 164 valence electrons. The summed E-state index contributed by atoms with van der Waals surface area (Å²) in [6.07, 6.45) is 0. The van der Waals surface area contributed by atoms with Gasteiger partial charge in [0.05, 0.1) is 21.3 Å². The summed E-state index contributed by atoms with van der Waals surface area (Å²) in [4.78, 5) is 12.3. The molecule has 3 aromatic rings. The predicted molar refractivity (Wildman–Crippen MR) is 109 cm³/mol. The molecule has 0 radical (unpaired) electrons. The topological polar surface area (TPSA) is 94.7 Å². The molecular formula is C21H21F2N3O5. The van der Waals surface area contributed by atoms with Gasteiger partial charge in [0.25, 0.3) is 5.91 Å². The van der Waals surface area contributed by atoms with Crippen LogP contribution in [0.2, 0.25) is 0 Å². The van der Waals surface area contributed by atoms with Crippen LogP contribution >= 0.6 is 0 Å². The Morgan fingerprint density at radius 1 is 1.03 bits per heavy atom. The lowest BCUT2D eigenvalue weighted by molar-refractivity contribution is -0.118. The fourth-order valence-corrected chi connectivity index (χ4v) is 2.98. The lowest BCUT2D eigenvalue weighted by Crippen LogP contribution is -2.20. The molecule has 0 atom stereocenters. The lowest BCUT2D eigenvalue weighted by Gasteiger charge is -2.15. The smallest absolute Gasteiger partial charge is 0.263 e. The average Bonchev–Trinajstić information content (AvgIpc) is 3.13. The molecule has 0 fully saturated rings. The van der Waals surface area contributed by atoms with E-state index in [0.29, 0.717) is 34.1 Å². The van der Waals surface area contributed by atoms with E-state index < -0.39 is 24.1 Å². The number of carbonyl (C=O) groups excluding carboxylic acids is 1. The number of hydrogen-bond acceptors (Lipinski definition) is 6. The molecule has 8 nitrogen and oxygen atoms in total. The number of hydrogen-bond donors (Lipinski definition) is 2. The summed E-state index contributed by atoms with van der Waals surface area (Å²) >= 11 is 0. The van der Waals surface area contributed by atoms with Crippen molar-refractivity contribution in [2.24, 2.45) is 0 Å². The Labute approximate surface area is 177 Å². The van der Waals surface area contributed by atoms with Crippen molar-refractivity contribution in [1.82, 2.24) is 10.2 Å². The molecule has 0 bridgehead atoms. The number of nitrogens with zero attached hydrogens (tertiary/aromatic N) is 1. The van der Waals surface area contributed by atoms with Crippen molar-refractivity contribution in [3.05, 3.63) is 47.7 Å². The zero-order chi connectivity index (χ0) is 22.5.